The molecule has 2 atom stereocenters. The van der Waals surface area contributed by atoms with E-state index in [2.05, 4.69) is 10.1 Å². The number of nitrogens with zero attached hydrogens (tertiary/aromatic N) is 1. The van der Waals surface area contributed by atoms with Crippen LogP contribution in [0.15, 0.2) is 24.3 Å². The summed E-state index contributed by atoms with van der Waals surface area (Å²) in [4.78, 5) is 34.9. The maximum atomic E-state index is 11.8. The highest BCUT2D eigenvalue weighted by molar-refractivity contribution is 5.99. The topological polar surface area (TPSA) is 96.3 Å². The van der Waals surface area contributed by atoms with Crippen LogP contribution in [0, 0.1) is 17.2 Å². The highest BCUT2D eigenvalue weighted by Crippen LogP contribution is 2.25. The molecule has 1 rings (SSSR count). The average molecular weight is 288 g/mol. The molecule has 0 aliphatic rings. The zero-order valence-electron chi connectivity index (χ0n) is 12.0. The number of ketones is 1. The second-order valence-corrected chi connectivity index (χ2v) is 4.52. The molecule has 0 aromatic heterocycles. The quantitative estimate of drug-likeness (QED) is 0.646. The van der Waals surface area contributed by atoms with Gasteiger partial charge in [-0.15, -0.1) is 0 Å². The molecule has 1 aromatic rings. The second-order valence-electron chi connectivity index (χ2n) is 4.52. The van der Waals surface area contributed by atoms with Gasteiger partial charge in [0.15, 0.2) is 0 Å². The predicted octanol–water partition coefficient (Wildman–Crippen LogP) is 1.11. The Morgan fingerprint density at radius 1 is 1.19 bits per heavy atom. The Balaban J connectivity index is 3.25. The number of ether oxygens (including phenoxy) is 1. The van der Waals surface area contributed by atoms with E-state index in [0.717, 1.165) is 0 Å². The molecular weight excluding hydrogens is 272 g/mol. The van der Waals surface area contributed by atoms with Gasteiger partial charge in [-0.3, -0.25) is 14.4 Å². The summed E-state index contributed by atoms with van der Waals surface area (Å²) in [5.74, 6) is -2.64. The van der Waals surface area contributed by atoms with Gasteiger partial charge in [0.05, 0.1) is 24.8 Å². The van der Waals surface area contributed by atoms with Crippen molar-refractivity contribution in [2.24, 2.45) is 5.92 Å². The van der Waals surface area contributed by atoms with E-state index in [9.17, 15) is 14.4 Å². The predicted molar refractivity (Wildman–Crippen MR) is 73.9 cm³/mol. The van der Waals surface area contributed by atoms with Crippen LogP contribution in [-0.4, -0.2) is 24.8 Å². The van der Waals surface area contributed by atoms with E-state index < -0.39 is 23.7 Å². The zero-order valence-corrected chi connectivity index (χ0v) is 12.0. The van der Waals surface area contributed by atoms with E-state index in [4.69, 9.17) is 5.26 Å². The molecule has 1 amide bonds. The van der Waals surface area contributed by atoms with Crippen molar-refractivity contribution in [3.05, 3.63) is 35.4 Å². The van der Waals surface area contributed by atoms with Crippen LogP contribution in [0.3, 0.4) is 0 Å². The van der Waals surface area contributed by atoms with Crippen molar-refractivity contribution in [2.75, 3.05) is 7.11 Å². The number of nitriles is 1. The van der Waals surface area contributed by atoms with Crippen molar-refractivity contribution < 1.29 is 19.1 Å². The van der Waals surface area contributed by atoms with E-state index in [1.165, 1.54) is 21.0 Å². The summed E-state index contributed by atoms with van der Waals surface area (Å²) >= 11 is 0. The van der Waals surface area contributed by atoms with Crippen molar-refractivity contribution >= 4 is 17.7 Å². The van der Waals surface area contributed by atoms with Gasteiger partial charge in [0, 0.05) is 6.92 Å². The molecule has 6 nitrogen and oxygen atoms in total. The fraction of sp³-hybridized carbons (Fsp3) is 0.333. The number of esters is 1. The monoisotopic (exact) mass is 288 g/mol. The highest BCUT2D eigenvalue weighted by Gasteiger charge is 2.35. The third kappa shape index (κ3) is 4.14. The Morgan fingerprint density at radius 2 is 1.76 bits per heavy atom. The number of benzene rings is 1. The zero-order chi connectivity index (χ0) is 16.0. The lowest BCUT2D eigenvalue weighted by atomic mass is 9.89. The van der Waals surface area contributed by atoms with Crippen LogP contribution in [0.4, 0.5) is 0 Å². The molecule has 0 saturated carbocycles. The molecule has 0 aliphatic heterocycles. The first kappa shape index (κ1) is 16.4. The Labute approximate surface area is 122 Å². The van der Waals surface area contributed by atoms with E-state index >= 15 is 0 Å². The van der Waals surface area contributed by atoms with Gasteiger partial charge in [-0.1, -0.05) is 12.1 Å². The van der Waals surface area contributed by atoms with Crippen molar-refractivity contribution in [3.63, 3.8) is 0 Å². The first-order chi connectivity index (χ1) is 9.90. The summed E-state index contributed by atoms with van der Waals surface area (Å²) in [6.07, 6.45) is 0. The molecule has 0 radical (unpaired) electrons. The van der Waals surface area contributed by atoms with E-state index in [1.807, 2.05) is 6.07 Å². The third-order valence-electron chi connectivity index (χ3n) is 2.98. The van der Waals surface area contributed by atoms with Gasteiger partial charge in [0.25, 0.3) is 0 Å². The summed E-state index contributed by atoms with van der Waals surface area (Å²) in [6.45, 7) is 2.56. The van der Waals surface area contributed by atoms with Crippen LogP contribution < -0.4 is 5.32 Å². The molecule has 0 bridgehead atoms. The molecule has 21 heavy (non-hydrogen) atoms. The normalized spacial score (nSPS) is 12.7. The van der Waals surface area contributed by atoms with Gasteiger partial charge < -0.3 is 10.1 Å². The Morgan fingerprint density at radius 3 is 2.14 bits per heavy atom. The van der Waals surface area contributed by atoms with Crippen LogP contribution in [-0.2, 0) is 19.1 Å². The molecule has 0 heterocycles. The molecular formula is C15H16N2O4. The SMILES string of the molecule is COC(=O)C(C(C)=O)C(NC(C)=O)c1ccc(C#N)cc1. The van der Waals surface area contributed by atoms with Crippen LogP contribution >= 0.6 is 0 Å². The molecule has 0 fully saturated rings. The van der Waals surface area contributed by atoms with Gasteiger partial charge in [-0.05, 0) is 24.6 Å². The molecule has 6 heteroatoms. The van der Waals surface area contributed by atoms with Gasteiger partial charge in [0.1, 0.15) is 11.7 Å². The molecule has 0 aliphatic carbocycles. The second kappa shape index (κ2) is 7.20. The lowest BCUT2D eigenvalue weighted by molar-refractivity contribution is -0.150. The molecule has 0 spiro atoms. The number of nitrogens with one attached hydrogen (secondary N) is 1. The van der Waals surface area contributed by atoms with Crippen LogP contribution in [0.2, 0.25) is 0 Å². The molecule has 110 valence electrons. The first-order valence-corrected chi connectivity index (χ1v) is 6.26. The lowest BCUT2D eigenvalue weighted by Crippen LogP contribution is -2.39. The van der Waals surface area contributed by atoms with E-state index in [-0.39, 0.29) is 5.91 Å². The smallest absolute Gasteiger partial charge is 0.318 e. The molecule has 0 saturated heterocycles. The van der Waals surface area contributed by atoms with Crippen LogP contribution in [0.1, 0.15) is 31.0 Å². The summed E-state index contributed by atoms with van der Waals surface area (Å²) in [6, 6.07) is 7.44. The maximum absolute atomic E-state index is 11.8. The van der Waals surface area contributed by atoms with Crippen molar-refractivity contribution in [3.8, 4) is 6.07 Å². The van der Waals surface area contributed by atoms with Gasteiger partial charge in [0.2, 0.25) is 5.91 Å². The minimum Gasteiger partial charge on any atom is -0.468 e. The van der Waals surface area contributed by atoms with Gasteiger partial charge >= 0.3 is 5.97 Å². The number of carbonyl (C=O) groups is 3. The Kier molecular flexibility index (Phi) is 5.61. The maximum Gasteiger partial charge on any atom is 0.318 e. The Bertz CT molecular complexity index is 587. The number of Topliss-reactive ketones (excluding diaryl/α,β-unsaturated/α-hetero) is 1. The summed E-state index contributed by atoms with van der Waals surface area (Å²) < 4.78 is 4.64. The summed E-state index contributed by atoms with van der Waals surface area (Å²) in [5, 5.41) is 11.4. The number of carbonyl (C=O) groups excluding carboxylic acids is 3. The largest absolute Gasteiger partial charge is 0.468 e. The molecule has 1 aromatic carbocycles. The fourth-order valence-corrected chi connectivity index (χ4v) is 2.01. The van der Waals surface area contributed by atoms with Crippen molar-refractivity contribution in [1.82, 2.24) is 5.32 Å². The lowest BCUT2D eigenvalue weighted by Gasteiger charge is -2.24. The number of rotatable bonds is 5. The van der Waals surface area contributed by atoms with Crippen LogP contribution in [0.5, 0.6) is 0 Å². The van der Waals surface area contributed by atoms with E-state index in [0.29, 0.717) is 11.1 Å². The number of amides is 1. The third-order valence-corrected chi connectivity index (χ3v) is 2.98. The number of methoxy groups -OCH3 is 1. The van der Waals surface area contributed by atoms with Gasteiger partial charge in [-0.2, -0.15) is 5.26 Å². The van der Waals surface area contributed by atoms with Gasteiger partial charge in [-0.25, -0.2) is 0 Å². The minimum atomic E-state index is -1.13. The highest BCUT2D eigenvalue weighted by atomic mass is 16.5. The minimum absolute atomic E-state index is 0.375. The van der Waals surface area contributed by atoms with E-state index in [1.54, 1.807) is 24.3 Å². The van der Waals surface area contributed by atoms with Crippen LogP contribution in [0.25, 0.3) is 0 Å². The number of hydrogen-bond donors (Lipinski definition) is 1. The first-order valence-electron chi connectivity index (χ1n) is 6.26. The molecule has 2 unspecified atom stereocenters. The Hall–Kier alpha value is -2.68. The van der Waals surface area contributed by atoms with Crippen molar-refractivity contribution in [1.29, 1.82) is 5.26 Å². The summed E-state index contributed by atoms with van der Waals surface area (Å²) in [5.41, 5.74) is 0.993. The van der Waals surface area contributed by atoms with Crippen molar-refractivity contribution in [2.45, 2.75) is 19.9 Å². The summed E-state index contributed by atoms with van der Waals surface area (Å²) in [7, 11) is 1.18. The average Bonchev–Trinajstić information content (AvgIpc) is 2.45. The number of hydrogen-bond acceptors (Lipinski definition) is 5. The molecule has 1 N–H and O–H groups in total. The fourth-order valence-electron chi connectivity index (χ4n) is 2.01. The standard InChI is InChI=1S/C15H16N2O4/c1-9(18)13(15(20)21-3)14(17-10(2)19)12-6-4-11(8-16)5-7-12/h4-7,13-14H,1-3H3,(H,17,19).